The summed E-state index contributed by atoms with van der Waals surface area (Å²) in [6.45, 7) is 0. The molecule has 2 aromatic heterocycles. The lowest BCUT2D eigenvalue weighted by Gasteiger charge is -2.20. The van der Waals surface area contributed by atoms with Crippen molar-refractivity contribution < 1.29 is 17.6 Å². The van der Waals surface area contributed by atoms with Crippen LogP contribution >= 0.6 is 0 Å². The maximum Gasteiger partial charge on any atom is 0.228 e. The van der Waals surface area contributed by atoms with Crippen molar-refractivity contribution in [2.24, 2.45) is 5.92 Å². The first kappa shape index (κ1) is 18.5. The predicted molar refractivity (Wildman–Crippen MR) is 101 cm³/mol. The van der Waals surface area contributed by atoms with Gasteiger partial charge in [-0.15, -0.1) is 0 Å². The number of amides is 1. The molecule has 1 aliphatic rings. The Kier molecular flexibility index (Phi) is 4.84. The van der Waals surface area contributed by atoms with Gasteiger partial charge in [0.05, 0.1) is 15.2 Å². The van der Waals surface area contributed by atoms with Gasteiger partial charge >= 0.3 is 0 Å². The zero-order valence-electron chi connectivity index (χ0n) is 15.0. The van der Waals surface area contributed by atoms with Crippen LogP contribution in [0.3, 0.4) is 0 Å². The van der Waals surface area contributed by atoms with Crippen molar-refractivity contribution >= 4 is 32.6 Å². The number of pyridine rings is 1. The molecule has 0 atom stereocenters. The van der Waals surface area contributed by atoms with Gasteiger partial charge in [0.1, 0.15) is 11.6 Å². The molecule has 0 unspecified atom stereocenters. The van der Waals surface area contributed by atoms with Gasteiger partial charge in [-0.25, -0.2) is 17.8 Å². The van der Waals surface area contributed by atoms with Crippen molar-refractivity contribution in [2.75, 3.05) is 5.32 Å². The molecule has 2 N–H and O–H groups in total. The Bertz CT molecular complexity index is 1140. The summed E-state index contributed by atoms with van der Waals surface area (Å²) in [6, 6.07) is 6.18. The molecule has 7 nitrogen and oxygen atoms in total. The number of sulfone groups is 1. The van der Waals surface area contributed by atoms with Gasteiger partial charge in [0.2, 0.25) is 15.7 Å². The normalized spacial score (nSPS) is 15.6. The van der Waals surface area contributed by atoms with Crippen LogP contribution < -0.4 is 5.32 Å². The van der Waals surface area contributed by atoms with Crippen molar-refractivity contribution in [1.82, 2.24) is 15.2 Å². The van der Waals surface area contributed by atoms with E-state index in [2.05, 4.69) is 20.5 Å². The smallest absolute Gasteiger partial charge is 0.228 e. The van der Waals surface area contributed by atoms with Gasteiger partial charge in [-0.2, -0.15) is 5.10 Å². The Balaban J connectivity index is 1.67. The summed E-state index contributed by atoms with van der Waals surface area (Å²) in [5.74, 6) is -0.490. The number of aromatic amines is 1. The summed E-state index contributed by atoms with van der Waals surface area (Å²) in [4.78, 5) is 16.3. The first-order valence-corrected chi connectivity index (χ1v) is 10.6. The van der Waals surface area contributed by atoms with Crippen LogP contribution in [-0.4, -0.2) is 29.5 Å². The largest absolute Gasteiger partial charge is 0.310 e. The second-order valence-electron chi connectivity index (χ2n) is 6.93. The number of hydrogen-bond acceptors (Lipinski definition) is 5. The summed E-state index contributed by atoms with van der Waals surface area (Å²) >= 11 is 0. The lowest BCUT2D eigenvalue weighted by molar-refractivity contribution is -0.120. The van der Waals surface area contributed by atoms with Crippen molar-refractivity contribution in [3.63, 3.8) is 0 Å². The van der Waals surface area contributed by atoms with Gasteiger partial charge in [-0.05, 0) is 37.1 Å². The van der Waals surface area contributed by atoms with E-state index in [0.29, 0.717) is 11.2 Å². The molecule has 1 aromatic carbocycles. The van der Waals surface area contributed by atoms with Gasteiger partial charge in [0.15, 0.2) is 5.65 Å². The molecule has 1 saturated carbocycles. The van der Waals surface area contributed by atoms with E-state index >= 15 is 0 Å². The fraction of sp³-hybridized carbons (Fsp3) is 0.316. The minimum Gasteiger partial charge on any atom is -0.310 e. The maximum absolute atomic E-state index is 13.5. The van der Waals surface area contributed by atoms with Gasteiger partial charge in [-0.3, -0.25) is 9.89 Å². The molecule has 1 fully saturated rings. The fourth-order valence-corrected chi connectivity index (χ4v) is 4.75. The molecule has 9 heteroatoms. The van der Waals surface area contributed by atoms with Crippen molar-refractivity contribution in [3.8, 4) is 0 Å². The zero-order valence-corrected chi connectivity index (χ0v) is 15.8. The van der Waals surface area contributed by atoms with E-state index in [4.69, 9.17) is 0 Å². The lowest BCUT2D eigenvalue weighted by Crippen LogP contribution is -2.24. The molecule has 1 amide bonds. The number of rotatable bonds is 4. The Morgan fingerprint density at radius 2 is 1.93 bits per heavy atom. The number of H-pyrrole nitrogens is 1. The number of carbonyl (C=O) groups excluding carboxylic acids is 1. The number of carbonyl (C=O) groups is 1. The number of anilines is 1. The van der Waals surface area contributed by atoms with E-state index in [1.54, 1.807) is 0 Å². The van der Waals surface area contributed by atoms with Crippen molar-refractivity contribution in [2.45, 2.75) is 41.9 Å². The Morgan fingerprint density at radius 1 is 1.14 bits per heavy atom. The highest BCUT2D eigenvalue weighted by Gasteiger charge is 2.24. The van der Waals surface area contributed by atoms with Crippen LogP contribution in [0.2, 0.25) is 0 Å². The third-order valence-corrected chi connectivity index (χ3v) is 6.74. The minimum atomic E-state index is -3.95. The average Bonchev–Trinajstić information content (AvgIpc) is 3.10. The molecule has 0 spiro atoms. The number of fused-ring (bicyclic) bond motifs is 1. The Hall–Kier alpha value is -2.81. The summed E-state index contributed by atoms with van der Waals surface area (Å²) < 4.78 is 39.1. The Morgan fingerprint density at radius 3 is 2.68 bits per heavy atom. The number of nitrogens with zero attached hydrogens (tertiary/aromatic N) is 2. The number of hydrogen-bond donors (Lipinski definition) is 2. The first-order chi connectivity index (χ1) is 13.4. The van der Waals surface area contributed by atoms with Gasteiger partial charge in [0.25, 0.3) is 0 Å². The second-order valence-corrected chi connectivity index (χ2v) is 8.88. The molecule has 0 aliphatic heterocycles. The molecule has 28 heavy (non-hydrogen) atoms. The van der Waals surface area contributed by atoms with Crippen LogP contribution in [0.1, 0.15) is 32.1 Å². The van der Waals surface area contributed by atoms with Crippen LogP contribution in [0.4, 0.5) is 10.2 Å². The molecule has 0 saturated heterocycles. The van der Waals surface area contributed by atoms with E-state index in [-0.39, 0.29) is 27.3 Å². The number of halogens is 1. The molecule has 2 heterocycles. The third kappa shape index (κ3) is 3.49. The summed E-state index contributed by atoms with van der Waals surface area (Å²) in [5, 5.41) is 9.93. The predicted octanol–water partition coefficient (Wildman–Crippen LogP) is 3.45. The van der Waals surface area contributed by atoms with E-state index in [9.17, 15) is 17.6 Å². The quantitative estimate of drug-likeness (QED) is 0.695. The highest BCUT2D eigenvalue weighted by molar-refractivity contribution is 7.91. The average molecular weight is 402 g/mol. The standard InChI is InChI=1S/C19H19FN4O3S/c20-13-7-4-8-14(9-13)28(26,27)15-10-16-17(21-11-15)23-24-18(16)22-19(25)12-5-2-1-3-6-12/h4,7-12H,1-3,5-6H2,(H2,21,22,23,24,25). The summed E-state index contributed by atoms with van der Waals surface area (Å²) in [6.07, 6.45) is 6.06. The fourth-order valence-electron chi connectivity index (χ4n) is 3.48. The molecule has 4 rings (SSSR count). The lowest BCUT2D eigenvalue weighted by atomic mass is 9.89. The zero-order chi connectivity index (χ0) is 19.7. The highest BCUT2D eigenvalue weighted by atomic mass is 32.2. The van der Waals surface area contributed by atoms with Crippen LogP contribution in [0.15, 0.2) is 46.3 Å². The van der Waals surface area contributed by atoms with E-state index in [1.807, 2.05) is 0 Å². The first-order valence-electron chi connectivity index (χ1n) is 9.11. The SMILES string of the molecule is O=C(Nc1[nH]nc2ncc(S(=O)(=O)c3cccc(F)c3)cc12)C1CCCCC1. The van der Waals surface area contributed by atoms with Crippen LogP contribution in [0, 0.1) is 11.7 Å². The van der Waals surface area contributed by atoms with Crippen molar-refractivity contribution in [1.29, 1.82) is 0 Å². The summed E-state index contributed by atoms with van der Waals surface area (Å²) in [7, 11) is -3.95. The molecule has 0 bridgehead atoms. The molecule has 0 radical (unpaired) electrons. The monoisotopic (exact) mass is 402 g/mol. The summed E-state index contributed by atoms with van der Waals surface area (Å²) in [5.41, 5.74) is 0.289. The maximum atomic E-state index is 13.5. The Labute approximate surface area is 161 Å². The van der Waals surface area contributed by atoms with Gasteiger partial charge < -0.3 is 5.32 Å². The number of nitrogens with one attached hydrogen (secondary N) is 2. The number of benzene rings is 1. The molecular weight excluding hydrogens is 383 g/mol. The molecule has 146 valence electrons. The van der Waals surface area contributed by atoms with Gasteiger partial charge in [0, 0.05) is 12.1 Å². The second kappa shape index (κ2) is 7.31. The number of aromatic nitrogens is 3. The molecule has 1 aliphatic carbocycles. The van der Waals surface area contributed by atoms with Crippen LogP contribution in [0.25, 0.3) is 11.0 Å². The molecule has 3 aromatic rings. The van der Waals surface area contributed by atoms with Gasteiger partial charge in [-0.1, -0.05) is 25.3 Å². The third-order valence-electron chi connectivity index (χ3n) is 5.03. The van der Waals surface area contributed by atoms with Crippen molar-refractivity contribution in [3.05, 3.63) is 42.3 Å². The van der Waals surface area contributed by atoms with E-state index in [1.165, 1.54) is 30.5 Å². The van der Waals surface area contributed by atoms with E-state index in [0.717, 1.165) is 38.2 Å². The van der Waals surface area contributed by atoms with Crippen LogP contribution in [-0.2, 0) is 14.6 Å². The van der Waals surface area contributed by atoms with Crippen LogP contribution in [0.5, 0.6) is 0 Å². The van der Waals surface area contributed by atoms with E-state index < -0.39 is 15.7 Å². The molecular formula is C19H19FN4O3S. The highest BCUT2D eigenvalue weighted by Crippen LogP contribution is 2.28. The topological polar surface area (TPSA) is 105 Å². The minimum absolute atomic E-state index is 0.0562.